The molecule has 2 rings (SSSR count). The molecular weight excluding hydrogens is 392 g/mol. The van der Waals surface area contributed by atoms with Gasteiger partial charge in [-0.1, -0.05) is 42.6 Å². The fourth-order valence-corrected chi connectivity index (χ4v) is 5.43. The van der Waals surface area contributed by atoms with E-state index < -0.39 is 13.2 Å². The van der Waals surface area contributed by atoms with Gasteiger partial charge in [-0.05, 0) is 42.8 Å². The van der Waals surface area contributed by atoms with Crippen molar-refractivity contribution in [2.75, 3.05) is 25.6 Å². The molecule has 0 amide bonds. The molecule has 2 aromatic rings. The van der Waals surface area contributed by atoms with Crippen LogP contribution in [0.5, 0.6) is 0 Å². The average Bonchev–Trinajstić information content (AvgIpc) is 2.61. The molecule has 0 aliphatic carbocycles. The van der Waals surface area contributed by atoms with E-state index in [4.69, 9.17) is 27.7 Å². The predicted molar refractivity (Wildman–Crippen MR) is 110 cm³/mol. The SMILES string of the molecule is CCCCOP(=O)(c1ccc(N(C)C)cc1)C(O)c1c(Cl)cccc1Cl. The molecule has 0 spiro atoms. The highest BCUT2D eigenvalue weighted by Crippen LogP contribution is 2.59. The van der Waals surface area contributed by atoms with Gasteiger partial charge in [-0.25, -0.2) is 0 Å². The van der Waals surface area contributed by atoms with Crippen molar-refractivity contribution in [3.63, 3.8) is 0 Å². The maximum absolute atomic E-state index is 13.8. The van der Waals surface area contributed by atoms with E-state index in [-0.39, 0.29) is 22.2 Å². The van der Waals surface area contributed by atoms with Gasteiger partial charge < -0.3 is 14.5 Å². The second-order valence-corrected chi connectivity index (χ2v) is 9.48. The number of benzene rings is 2. The normalized spacial score (nSPS) is 14.7. The fraction of sp³-hybridized carbons (Fsp3) is 0.368. The quantitative estimate of drug-likeness (QED) is 0.458. The van der Waals surface area contributed by atoms with E-state index in [0.717, 1.165) is 18.5 Å². The molecule has 4 nitrogen and oxygen atoms in total. The standard InChI is InChI=1S/C19H24Cl2NO3P/c1-4-5-13-25-26(24,15-11-9-14(10-12-15)22(2)3)19(23)18-16(20)7-6-8-17(18)21/h6-12,19,23H,4-5,13H2,1-3H3. The van der Waals surface area contributed by atoms with E-state index in [0.29, 0.717) is 5.30 Å². The number of rotatable bonds is 8. The van der Waals surface area contributed by atoms with Crippen LogP contribution < -0.4 is 10.2 Å². The predicted octanol–water partition coefficient (Wildman–Crippen LogP) is 5.47. The Bertz CT molecular complexity index is 761. The maximum atomic E-state index is 13.8. The van der Waals surface area contributed by atoms with Crippen molar-refractivity contribution in [1.29, 1.82) is 0 Å². The van der Waals surface area contributed by atoms with E-state index in [2.05, 4.69) is 0 Å². The van der Waals surface area contributed by atoms with Crippen LogP contribution in [0.15, 0.2) is 42.5 Å². The van der Waals surface area contributed by atoms with Crippen LogP contribution in [0.1, 0.15) is 31.2 Å². The molecular formula is C19H24Cl2NO3P. The average molecular weight is 416 g/mol. The van der Waals surface area contributed by atoms with Crippen LogP contribution in [-0.4, -0.2) is 25.8 Å². The molecule has 7 heteroatoms. The maximum Gasteiger partial charge on any atom is 0.264 e. The minimum atomic E-state index is -3.65. The van der Waals surface area contributed by atoms with E-state index >= 15 is 0 Å². The van der Waals surface area contributed by atoms with Gasteiger partial charge in [0.05, 0.1) is 6.61 Å². The van der Waals surface area contributed by atoms with Crippen LogP contribution in [0.25, 0.3) is 0 Å². The molecule has 142 valence electrons. The minimum absolute atomic E-state index is 0.229. The zero-order chi connectivity index (χ0) is 19.3. The molecule has 0 aromatic heterocycles. The summed E-state index contributed by atoms with van der Waals surface area (Å²) < 4.78 is 19.5. The Morgan fingerprint density at radius 2 is 1.69 bits per heavy atom. The van der Waals surface area contributed by atoms with Gasteiger partial charge >= 0.3 is 0 Å². The molecule has 2 aromatic carbocycles. The van der Waals surface area contributed by atoms with Gasteiger partial charge in [0.1, 0.15) is 0 Å². The van der Waals surface area contributed by atoms with Crippen molar-refractivity contribution in [3.8, 4) is 0 Å². The lowest BCUT2D eigenvalue weighted by Gasteiger charge is -2.26. The molecule has 0 radical (unpaired) electrons. The van der Waals surface area contributed by atoms with Crippen LogP contribution in [0, 0.1) is 0 Å². The Hall–Kier alpha value is -1.03. The summed E-state index contributed by atoms with van der Waals surface area (Å²) in [5.41, 5.74) is 1.19. The number of nitrogens with zero attached hydrogens (tertiary/aromatic N) is 1. The number of aliphatic hydroxyl groups is 1. The summed E-state index contributed by atoms with van der Waals surface area (Å²) >= 11 is 12.4. The summed E-state index contributed by atoms with van der Waals surface area (Å²) in [5.74, 6) is -1.44. The lowest BCUT2D eigenvalue weighted by Crippen LogP contribution is -2.17. The van der Waals surface area contributed by atoms with Crippen molar-refractivity contribution in [2.45, 2.75) is 25.6 Å². The summed E-state index contributed by atoms with van der Waals surface area (Å²) in [6, 6.07) is 12.0. The fourth-order valence-electron chi connectivity index (χ4n) is 2.52. The Balaban J connectivity index is 2.48. The highest BCUT2D eigenvalue weighted by atomic mass is 35.5. The minimum Gasteiger partial charge on any atom is -0.378 e. The number of anilines is 1. The first-order chi connectivity index (χ1) is 12.3. The van der Waals surface area contributed by atoms with Crippen molar-refractivity contribution >= 4 is 41.6 Å². The van der Waals surface area contributed by atoms with Gasteiger partial charge in [0.15, 0.2) is 5.85 Å². The van der Waals surface area contributed by atoms with E-state index in [1.54, 1.807) is 30.3 Å². The second kappa shape index (κ2) is 9.25. The molecule has 0 heterocycles. The van der Waals surface area contributed by atoms with E-state index in [1.807, 2.05) is 38.1 Å². The first kappa shape index (κ1) is 21.3. The molecule has 2 unspecified atom stereocenters. The van der Waals surface area contributed by atoms with Crippen molar-refractivity contribution in [3.05, 3.63) is 58.1 Å². The zero-order valence-corrected chi connectivity index (χ0v) is 17.6. The summed E-state index contributed by atoms with van der Waals surface area (Å²) in [6.45, 7) is 2.30. The number of hydrogen-bond donors (Lipinski definition) is 1. The summed E-state index contributed by atoms with van der Waals surface area (Å²) in [5, 5.41) is 11.9. The number of unbranched alkanes of at least 4 members (excludes halogenated alkanes) is 1. The highest BCUT2D eigenvalue weighted by molar-refractivity contribution is 7.67. The largest absolute Gasteiger partial charge is 0.378 e. The third-order valence-corrected chi connectivity index (χ3v) is 7.23. The highest BCUT2D eigenvalue weighted by Gasteiger charge is 2.38. The van der Waals surface area contributed by atoms with Crippen molar-refractivity contribution in [1.82, 2.24) is 0 Å². The number of hydrogen-bond acceptors (Lipinski definition) is 4. The summed E-state index contributed by atoms with van der Waals surface area (Å²) in [7, 11) is 0.192. The van der Waals surface area contributed by atoms with Gasteiger partial charge in [0.25, 0.3) is 7.37 Å². The van der Waals surface area contributed by atoms with Crippen LogP contribution in [-0.2, 0) is 9.09 Å². The van der Waals surface area contributed by atoms with Crippen LogP contribution in [0.3, 0.4) is 0 Å². The van der Waals surface area contributed by atoms with Crippen LogP contribution >= 0.6 is 30.6 Å². The molecule has 26 heavy (non-hydrogen) atoms. The van der Waals surface area contributed by atoms with Gasteiger partial charge in [-0.15, -0.1) is 0 Å². The topological polar surface area (TPSA) is 49.8 Å². The van der Waals surface area contributed by atoms with E-state index in [9.17, 15) is 9.67 Å². The van der Waals surface area contributed by atoms with E-state index in [1.165, 1.54) is 0 Å². The first-order valence-electron chi connectivity index (χ1n) is 8.45. The zero-order valence-electron chi connectivity index (χ0n) is 15.2. The molecule has 0 fully saturated rings. The summed E-state index contributed by atoms with van der Waals surface area (Å²) in [4.78, 5) is 1.94. The third-order valence-electron chi connectivity index (χ3n) is 4.09. The Morgan fingerprint density at radius 3 is 2.19 bits per heavy atom. The smallest absolute Gasteiger partial charge is 0.264 e. The molecule has 0 aliphatic rings. The molecule has 1 N–H and O–H groups in total. The van der Waals surface area contributed by atoms with Crippen molar-refractivity contribution < 1.29 is 14.2 Å². The van der Waals surface area contributed by atoms with Crippen LogP contribution in [0.4, 0.5) is 5.69 Å². The Labute approximate surface area is 165 Å². The lowest BCUT2D eigenvalue weighted by molar-refractivity contribution is 0.213. The van der Waals surface area contributed by atoms with Gasteiger partial charge in [-0.2, -0.15) is 0 Å². The Kier molecular flexibility index (Phi) is 7.57. The van der Waals surface area contributed by atoms with Gasteiger partial charge in [0, 0.05) is 40.7 Å². The summed E-state index contributed by atoms with van der Waals surface area (Å²) in [6.07, 6.45) is 1.63. The molecule has 0 saturated heterocycles. The monoisotopic (exact) mass is 415 g/mol. The first-order valence-corrected chi connectivity index (χ1v) is 10.9. The van der Waals surface area contributed by atoms with Gasteiger partial charge in [0.2, 0.25) is 0 Å². The molecule has 2 atom stereocenters. The van der Waals surface area contributed by atoms with Crippen LogP contribution in [0.2, 0.25) is 10.0 Å². The number of halogens is 2. The molecule has 0 saturated carbocycles. The molecule has 0 aliphatic heterocycles. The lowest BCUT2D eigenvalue weighted by atomic mass is 10.2. The second-order valence-electron chi connectivity index (χ2n) is 6.20. The molecule has 0 bridgehead atoms. The number of aliphatic hydroxyl groups excluding tert-OH is 1. The Morgan fingerprint density at radius 1 is 1.12 bits per heavy atom. The van der Waals surface area contributed by atoms with Crippen molar-refractivity contribution in [2.24, 2.45) is 0 Å². The third kappa shape index (κ3) is 4.62. The van der Waals surface area contributed by atoms with Gasteiger partial charge in [-0.3, -0.25) is 4.57 Å².